The van der Waals surface area contributed by atoms with Gasteiger partial charge in [0.05, 0.1) is 6.20 Å². The van der Waals surface area contributed by atoms with Crippen molar-refractivity contribution < 1.29 is 13.9 Å². The molecule has 2 heterocycles. The molecule has 1 amide bonds. The predicted molar refractivity (Wildman–Crippen MR) is 139 cm³/mol. The summed E-state index contributed by atoms with van der Waals surface area (Å²) in [4.78, 5) is 18.0. The molecule has 0 unspecified atom stereocenters. The zero-order valence-corrected chi connectivity index (χ0v) is 20.9. The molecular weight excluding hydrogens is 467 g/mol. The maximum atomic E-state index is 13.4. The van der Waals surface area contributed by atoms with Gasteiger partial charge in [0.1, 0.15) is 17.1 Å². The van der Waals surface area contributed by atoms with E-state index in [-0.39, 0.29) is 23.9 Å². The maximum Gasteiger partial charge on any atom is 0.254 e. The molecule has 1 aliphatic rings. The second kappa shape index (κ2) is 12.1. The number of amides is 1. The predicted octanol–water partition coefficient (Wildman–Crippen LogP) is 4.82. The van der Waals surface area contributed by atoms with Crippen LogP contribution in [0.25, 0.3) is 11.1 Å². The Hall–Kier alpha value is -3.00. The van der Waals surface area contributed by atoms with Crippen molar-refractivity contribution >= 4 is 18.3 Å². The monoisotopic (exact) mass is 498 g/mol. The van der Waals surface area contributed by atoms with E-state index in [0.29, 0.717) is 17.8 Å². The number of primary amides is 1. The number of piperazine rings is 1. The first-order valence-electron chi connectivity index (χ1n) is 11.7. The highest BCUT2D eigenvalue weighted by atomic mass is 35.5. The first-order valence-corrected chi connectivity index (χ1v) is 11.7. The number of ether oxygens (including phenoxy) is 1. The third-order valence-electron chi connectivity index (χ3n) is 5.99. The van der Waals surface area contributed by atoms with Crippen molar-refractivity contribution in [1.29, 1.82) is 0 Å². The van der Waals surface area contributed by atoms with Gasteiger partial charge in [0, 0.05) is 25.2 Å². The van der Waals surface area contributed by atoms with Crippen LogP contribution in [0.1, 0.15) is 36.2 Å². The van der Waals surface area contributed by atoms with Crippen molar-refractivity contribution in [3.8, 4) is 22.8 Å². The Bertz CT molecular complexity index is 1130. The van der Waals surface area contributed by atoms with Gasteiger partial charge >= 0.3 is 0 Å². The largest absolute Gasteiger partial charge is 0.438 e. The molecule has 3 N–H and O–H groups in total. The number of carbonyl (C=O) groups excluding carboxylic acids is 1. The first kappa shape index (κ1) is 26.6. The number of nitrogens with zero attached hydrogens (tertiary/aromatic N) is 2. The number of rotatable bonds is 8. The fourth-order valence-electron chi connectivity index (χ4n) is 4.53. The second-order valence-electron chi connectivity index (χ2n) is 9.03. The molecule has 8 heteroatoms. The van der Waals surface area contributed by atoms with E-state index < -0.39 is 11.7 Å². The molecule has 6 nitrogen and oxygen atoms in total. The average Bonchev–Trinajstić information content (AvgIpc) is 2.80. The minimum Gasteiger partial charge on any atom is -0.438 e. The molecule has 1 aromatic heterocycles. The molecule has 0 saturated carbocycles. The molecule has 4 rings (SSSR count). The fourth-order valence-corrected chi connectivity index (χ4v) is 4.53. The van der Waals surface area contributed by atoms with Gasteiger partial charge in [-0.2, -0.15) is 0 Å². The maximum absolute atomic E-state index is 13.4. The molecule has 0 bridgehead atoms. The van der Waals surface area contributed by atoms with Crippen LogP contribution < -0.4 is 15.8 Å². The Morgan fingerprint density at radius 2 is 1.83 bits per heavy atom. The summed E-state index contributed by atoms with van der Waals surface area (Å²) >= 11 is 0. The van der Waals surface area contributed by atoms with Crippen LogP contribution in [0, 0.1) is 5.82 Å². The highest BCUT2D eigenvalue weighted by molar-refractivity contribution is 5.95. The SMILES string of the molecule is C[C@@H]1CN(CCCc2ccc(-c3cccc(Oc4ncc(F)cc4C(N)=O)c3)cc2)C[C@H](C)N1.Cl. The first-order chi connectivity index (χ1) is 16.4. The van der Waals surface area contributed by atoms with E-state index in [9.17, 15) is 9.18 Å². The lowest BCUT2D eigenvalue weighted by atomic mass is 10.0. The number of aromatic nitrogens is 1. The lowest BCUT2D eigenvalue weighted by molar-refractivity contribution is 0.0997. The Kier molecular flexibility index (Phi) is 9.20. The zero-order chi connectivity index (χ0) is 24.1. The van der Waals surface area contributed by atoms with Gasteiger partial charge in [0.2, 0.25) is 5.88 Å². The number of nitrogens with one attached hydrogen (secondary N) is 1. The Morgan fingerprint density at radius 1 is 1.11 bits per heavy atom. The van der Waals surface area contributed by atoms with Crippen LogP contribution in [0.4, 0.5) is 4.39 Å². The highest BCUT2D eigenvalue weighted by Gasteiger charge is 2.20. The summed E-state index contributed by atoms with van der Waals surface area (Å²) in [6.45, 7) is 7.82. The quantitative estimate of drug-likeness (QED) is 0.465. The minimum atomic E-state index is -0.797. The summed E-state index contributed by atoms with van der Waals surface area (Å²) < 4.78 is 19.2. The molecule has 1 aliphatic heterocycles. The Labute approximate surface area is 212 Å². The molecule has 1 saturated heterocycles. The van der Waals surface area contributed by atoms with Crippen molar-refractivity contribution in [2.24, 2.45) is 5.73 Å². The van der Waals surface area contributed by atoms with Crippen LogP contribution in [-0.2, 0) is 6.42 Å². The van der Waals surface area contributed by atoms with Gasteiger partial charge in [0.15, 0.2) is 0 Å². The lowest BCUT2D eigenvalue weighted by Crippen LogP contribution is -2.54. The summed E-state index contributed by atoms with van der Waals surface area (Å²) in [7, 11) is 0. The number of nitrogens with two attached hydrogens (primary N) is 1. The van der Waals surface area contributed by atoms with Crippen molar-refractivity contribution in [3.63, 3.8) is 0 Å². The third kappa shape index (κ3) is 7.24. The Morgan fingerprint density at radius 3 is 2.51 bits per heavy atom. The average molecular weight is 499 g/mol. The number of pyridine rings is 1. The van der Waals surface area contributed by atoms with Crippen LogP contribution in [0.3, 0.4) is 0 Å². The van der Waals surface area contributed by atoms with Crippen molar-refractivity contribution in [1.82, 2.24) is 15.2 Å². The number of halogens is 2. The normalized spacial score (nSPS) is 18.0. The van der Waals surface area contributed by atoms with E-state index in [1.165, 1.54) is 5.56 Å². The summed E-state index contributed by atoms with van der Waals surface area (Å²) in [6, 6.07) is 18.1. The molecule has 1 fully saturated rings. The molecular formula is C27H32ClFN4O2. The van der Waals surface area contributed by atoms with Crippen molar-refractivity contribution in [3.05, 3.63) is 77.7 Å². The molecule has 2 atom stereocenters. The van der Waals surface area contributed by atoms with Crippen LogP contribution >= 0.6 is 12.4 Å². The van der Waals surface area contributed by atoms with Gasteiger partial charge in [0.25, 0.3) is 5.91 Å². The van der Waals surface area contributed by atoms with Gasteiger partial charge in [-0.1, -0.05) is 36.4 Å². The second-order valence-corrected chi connectivity index (χ2v) is 9.03. The number of benzene rings is 2. The molecule has 186 valence electrons. The number of aryl methyl sites for hydroxylation is 1. The number of hydrogen-bond acceptors (Lipinski definition) is 5. The van der Waals surface area contributed by atoms with Crippen LogP contribution in [0.2, 0.25) is 0 Å². The van der Waals surface area contributed by atoms with Crippen LogP contribution in [0.5, 0.6) is 11.6 Å². The summed E-state index contributed by atoms with van der Waals surface area (Å²) in [5.41, 5.74) is 8.57. The molecule has 3 aromatic rings. The highest BCUT2D eigenvalue weighted by Crippen LogP contribution is 2.28. The lowest BCUT2D eigenvalue weighted by Gasteiger charge is -2.36. The van der Waals surface area contributed by atoms with E-state index in [1.54, 1.807) is 6.07 Å². The van der Waals surface area contributed by atoms with E-state index in [0.717, 1.165) is 55.9 Å². The van der Waals surface area contributed by atoms with Gasteiger partial charge < -0.3 is 20.7 Å². The van der Waals surface area contributed by atoms with Gasteiger partial charge in [-0.05, 0) is 68.1 Å². The molecule has 0 aliphatic carbocycles. The van der Waals surface area contributed by atoms with Gasteiger partial charge in [-0.3, -0.25) is 4.79 Å². The van der Waals surface area contributed by atoms with E-state index in [1.807, 2.05) is 18.2 Å². The Balaban J connectivity index is 0.00000342. The number of carbonyl (C=O) groups is 1. The van der Waals surface area contributed by atoms with Crippen molar-refractivity contribution in [2.75, 3.05) is 19.6 Å². The fraction of sp³-hybridized carbons (Fsp3) is 0.333. The topological polar surface area (TPSA) is 80.5 Å². The molecule has 0 radical (unpaired) electrons. The smallest absolute Gasteiger partial charge is 0.254 e. The van der Waals surface area contributed by atoms with E-state index in [2.05, 4.69) is 53.3 Å². The summed E-state index contributed by atoms with van der Waals surface area (Å²) in [6.07, 6.45) is 3.17. The summed E-state index contributed by atoms with van der Waals surface area (Å²) in [5.74, 6) is -0.973. The molecule has 35 heavy (non-hydrogen) atoms. The van der Waals surface area contributed by atoms with E-state index in [4.69, 9.17) is 10.5 Å². The minimum absolute atomic E-state index is 0. The standard InChI is InChI=1S/C27H31FN4O2.ClH/c1-18-16-32(17-19(2)31-18)12-4-5-20-8-10-21(11-9-20)22-6-3-7-24(13-22)34-27-25(26(29)33)14-23(28)15-30-27;/h3,6-11,13-15,18-19,31H,4-5,12,16-17H2,1-2H3,(H2,29,33);1H/t18-,19+;. The summed E-state index contributed by atoms with van der Waals surface area (Å²) in [5, 5.41) is 3.58. The third-order valence-corrected chi connectivity index (χ3v) is 5.99. The molecule has 0 spiro atoms. The van der Waals surface area contributed by atoms with E-state index >= 15 is 0 Å². The van der Waals surface area contributed by atoms with Crippen LogP contribution in [-0.4, -0.2) is 47.5 Å². The van der Waals surface area contributed by atoms with Crippen LogP contribution in [0.15, 0.2) is 60.8 Å². The number of hydrogen-bond donors (Lipinski definition) is 2. The molecule has 2 aromatic carbocycles. The zero-order valence-electron chi connectivity index (χ0n) is 20.0. The van der Waals surface area contributed by atoms with Gasteiger partial charge in [-0.25, -0.2) is 9.37 Å². The van der Waals surface area contributed by atoms with Gasteiger partial charge in [-0.15, -0.1) is 12.4 Å². The van der Waals surface area contributed by atoms with Crippen molar-refractivity contribution in [2.45, 2.75) is 38.8 Å².